The molecule has 0 aliphatic heterocycles. The van der Waals surface area contributed by atoms with Gasteiger partial charge in [-0.15, -0.1) is 0 Å². The van der Waals surface area contributed by atoms with Crippen LogP contribution in [0.2, 0.25) is 0 Å². The molecule has 22 heavy (non-hydrogen) atoms. The molecule has 0 saturated heterocycles. The van der Waals surface area contributed by atoms with E-state index in [-0.39, 0.29) is 35.9 Å². The number of benzene rings is 1. The van der Waals surface area contributed by atoms with Crippen molar-refractivity contribution in [2.24, 2.45) is 17.8 Å². The fourth-order valence-corrected chi connectivity index (χ4v) is 3.20. The topological polar surface area (TPSA) is 66.4 Å². The van der Waals surface area contributed by atoms with Crippen molar-refractivity contribution in [1.82, 2.24) is 5.32 Å². The molecule has 2 N–H and O–H groups in total. The van der Waals surface area contributed by atoms with Crippen LogP contribution < -0.4 is 5.32 Å². The minimum Gasteiger partial charge on any atom is -0.392 e. The molecule has 0 spiro atoms. The summed E-state index contributed by atoms with van der Waals surface area (Å²) in [5.74, 6) is -0.274. The van der Waals surface area contributed by atoms with Crippen LogP contribution in [0.4, 0.5) is 0 Å². The van der Waals surface area contributed by atoms with Crippen molar-refractivity contribution >= 4 is 11.7 Å². The van der Waals surface area contributed by atoms with Gasteiger partial charge in [-0.3, -0.25) is 9.59 Å². The quantitative estimate of drug-likeness (QED) is 0.847. The van der Waals surface area contributed by atoms with Crippen LogP contribution in [0.1, 0.15) is 38.7 Å². The Balaban J connectivity index is 1.81. The van der Waals surface area contributed by atoms with Crippen molar-refractivity contribution in [3.05, 3.63) is 35.9 Å². The number of rotatable bonds is 6. The molecule has 2 unspecified atom stereocenters. The first-order chi connectivity index (χ1) is 10.5. The molecule has 0 aromatic heterocycles. The zero-order valence-corrected chi connectivity index (χ0v) is 13.3. The van der Waals surface area contributed by atoms with E-state index >= 15 is 0 Å². The number of hydrogen-bond acceptors (Lipinski definition) is 3. The molecule has 4 heteroatoms. The summed E-state index contributed by atoms with van der Waals surface area (Å²) in [6, 6.07) is 9.71. The predicted molar refractivity (Wildman–Crippen MR) is 85.0 cm³/mol. The molecule has 2 rings (SSSR count). The fourth-order valence-electron chi connectivity index (χ4n) is 3.20. The van der Waals surface area contributed by atoms with E-state index in [2.05, 4.69) is 5.32 Å². The minimum absolute atomic E-state index is 0.0893. The first kappa shape index (κ1) is 16.7. The van der Waals surface area contributed by atoms with Crippen LogP contribution in [0.15, 0.2) is 30.3 Å². The number of Topliss-reactive ketones (excluding diaryl/α,β-unsaturated/α-hetero) is 1. The van der Waals surface area contributed by atoms with E-state index in [0.717, 1.165) is 12.0 Å². The monoisotopic (exact) mass is 303 g/mol. The molecule has 1 aromatic carbocycles. The molecule has 1 saturated carbocycles. The summed E-state index contributed by atoms with van der Waals surface area (Å²) in [6.45, 7) is 4.33. The maximum atomic E-state index is 12.0. The SMILES string of the molecule is CC1CCC(=O)[C@@H]1C(O)[C@H](C)CC(=O)NCc1ccccc1. The van der Waals surface area contributed by atoms with E-state index in [9.17, 15) is 14.7 Å². The number of hydrogen-bond donors (Lipinski definition) is 2. The standard InChI is InChI=1S/C18H25NO3/c1-12-8-9-15(20)17(12)18(22)13(2)10-16(21)19-11-14-6-4-3-5-7-14/h3-7,12-13,17-18,22H,8-11H2,1-2H3,(H,19,21)/t12?,13-,17-,18?/m1/s1. The number of aliphatic hydroxyl groups is 1. The van der Waals surface area contributed by atoms with Crippen molar-refractivity contribution < 1.29 is 14.7 Å². The van der Waals surface area contributed by atoms with Gasteiger partial charge in [-0.1, -0.05) is 44.2 Å². The number of amides is 1. The average molecular weight is 303 g/mol. The first-order valence-corrected chi connectivity index (χ1v) is 8.00. The highest BCUT2D eigenvalue weighted by atomic mass is 16.3. The Bertz CT molecular complexity index is 514. The summed E-state index contributed by atoms with van der Waals surface area (Å²) in [5, 5.41) is 13.3. The molecule has 0 heterocycles. The predicted octanol–water partition coefficient (Wildman–Crippen LogP) is 2.31. The highest BCUT2D eigenvalue weighted by Crippen LogP contribution is 2.34. The zero-order chi connectivity index (χ0) is 16.1. The Morgan fingerprint density at radius 2 is 2.05 bits per heavy atom. The molecule has 1 fully saturated rings. The molecule has 1 aliphatic carbocycles. The highest BCUT2D eigenvalue weighted by molar-refractivity contribution is 5.84. The van der Waals surface area contributed by atoms with Crippen molar-refractivity contribution in [3.8, 4) is 0 Å². The largest absolute Gasteiger partial charge is 0.392 e. The van der Waals surface area contributed by atoms with Gasteiger partial charge < -0.3 is 10.4 Å². The molecule has 1 aliphatic rings. The van der Waals surface area contributed by atoms with Gasteiger partial charge in [0.2, 0.25) is 5.91 Å². The van der Waals surface area contributed by atoms with E-state index in [1.165, 1.54) is 0 Å². The Kier molecular flexibility index (Phi) is 5.72. The lowest BCUT2D eigenvalue weighted by Crippen LogP contribution is -2.36. The van der Waals surface area contributed by atoms with E-state index in [1.54, 1.807) is 0 Å². The van der Waals surface area contributed by atoms with Crippen molar-refractivity contribution in [2.45, 2.75) is 45.8 Å². The van der Waals surface area contributed by atoms with E-state index < -0.39 is 6.10 Å². The molecule has 0 radical (unpaired) electrons. The van der Waals surface area contributed by atoms with Crippen molar-refractivity contribution in [1.29, 1.82) is 0 Å². The normalized spacial score (nSPS) is 24.0. The minimum atomic E-state index is -0.729. The van der Waals surface area contributed by atoms with E-state index in [0.29, 0.717) is 13.0 Å². The van der Waals surface area contributed by atoms with Crippen molar-refractivity contribution in [2.75, 3.05) is 0 Å². The number of carbonyl (C=O) groups excluding carboxylic acids is 2. The molecule has 1 aromatic rings. The van der Waals surface area contributed by atoms with Crippen LogP contribution in [-0.2, 0) is 16.1 Å². The fraction of sp³-hybridized carbons (Fsp3) is 0.556. The first-order valence-electron chi connectivity index (χ1n) is 8.00. The molecular weight excluding hydrogens is 278 g/mol. The molecule has 1 amide bonds. The molecule has 120 valence electrons. The van der Waals surface area contributed by atoms with Gasteiger partial charge in [-0.25, -0.2) is 0 Å². The van der Waals surface area contributed by atoms with Gasteiger partial charge in [0.05, 0.1) is 6.10 Å². The van der Waals surface area contributed by atoms with Crippen LogP contribution in [0, 0.1) is 17.8 Å². The Morgan fingerprint density at radius 3 is 2.64 bits per heavy atom. The summed E-state index contributed by atoms with van der Waals surface area (Å²) in [5.41, 5.74) is 1.05. The lowest BCUT2D eigenvalue weighted by molar-refractivity contribution is -0.129. The number of nitrogens with one attached hydrogen (secondary N) is 1. The third-order valence-corrected chi connectivity index (χ3v) is 4.62. The lowest BCUT2D eigenvalue weighted by atomic mass is 9.83. The lowest BCUT2D eigenvalue weighted by Gasteiger charge is -2.26. The third kappa shape index (κ3) is 4.17. The van der Waals surface area contributed by atoms with E-state index in [1.807, 2.05) is 44.2 Å². The van der Waals surface area contributed by atoms with Gasteiger partial charge in [0.1, 0.15) is 5.78 Å². The zero-order valence-electron chi connectivity index (χ0n) is 13.3. The van der Waals surface area contributed by atoms with Crippen LogP contribution in [0.25, 0.3) is 0 Å². The van der Waals surface area contributed by atoms with Gasteiger partial charge in [-0.2, -0.15) is 0 Å². The number of carbonyl (C=O) groups is 2. The Labute approximate surface area is 131 Å². The van der Waals surface area contributed by atoms with Crippen LogP contribution in [-0.4, -0.2) is 22.9 Å². The van der Waals surface area contributed by atoms with Gasteiger partial charge >= 0.3 is 0 Å². The third-order valence-electron chi connectivity index (χ3n) is 4.62. The molecular formula is C18H25NO3. The van der Waals surface area contributed by atoms with E-state index in [4.69, 9.17) is 0 Å². The summed E-state index contributed by atoms with van der Waals surface area (Å²) in [7, 11) is 0. The van der Waals surface area contributed by atoms with Crippen molar-refractivity contribution in [3.63, 3.8) is 0 Å². The molecule has 0 bridgehead atoms. The van der Waals surface area contributed by atoms with Gasteiger partial charge in [0, 0.05) is 25.3 Å². The maximum Gasteiger partial charge on any atom is 0.220 e. The van der Waals surface area contributed by atoms with Crippen LogP contribution in [0.5, 0.6) is 0 Å². The van der Waals surface area contributed by atoms with Crippen LogP contribution in [0.3, 0.4) is 0 Å². The maximum absolute atomic E-state index is 12.0. The number of ketones is 1. The smallest absolute Gasteiger partial charge is 0.220 e. The van der Waals surface area contributed by atoms with Gasteiger partial charge in [0.25, 0.3) is 0 Å². The highest BCUT2D eigenvalue weighted by Gasteiger charge is 2.39. The van der Waals surface area contributed by atoms with Gasteiger partial charge in [-0.05, 0) is 23.8 Å². The summed E-state index contributed by atoms with van der Waals surface area (Å²) < 4.78 is 0. The average Bonchev–Trinajstić information content (AvgIpc) is 2.84. The summed E-state index contributed by atoms with van der Waals surface area (Å²) >= 11 is 0. The summed E-state index contributed by atoms with van der Waals surface area (Å²) in [6.07, 6.45) is 0.904. The molecule has 4 atom stereocenters. The van der Waals surface area contributed by atoms with Crippen LogP contribution >= 0.6 is 0 Å². The summed E-state index contributed by atoms with van der Waals surface area (Å²) in [4.78, 5) is 23.9. The Hall–Kier alpha value is -1.68. The number of aliphatic hydroxyl groups excluding tert-OH is 1. The van der Waals surface area contributed by atoms with Gasteiger partial charge in [0.15, 0.2) is 0 Å². The second-order valence-electron chi connectivity index (χ2n) is 6.44. The Morgan fingerprint density at radius 1 is 1.36 bits per heavy atom. The molecule has 4 nitrogen and oxygen atoms in total. The second kappa shape index (κ2) is 7.54. The second-order valence-corrected chi connectivity index (χ2v) is 6.44.